The Labute approximate surface area is 142 Å². The number of aryl methyl sites for hydroxylation is 1. The molecule has 8 heteroatoms. The van der Waals surface area contributed by atoms with Crippen molar-refractivity contribution in [2.24, 2.45) is 10.9 Å². The first-order valence-electron chi connectivity index (χ1n) is 8.63. The minimum atomic E-state index is -0.112. The normalized spacial score (nSPS) is 18.5. The second-order valence-electron chi connectivity index (χ2n) is 5.76. The zero-order chi connectivity index (χ0) is 17.4. The van der Waals surface area contributed by atoms with E-state index in [0.29, 0.717) is 37.8 Å². The lowest BCUT2D eigenvalue weighted by molar-refractivity contribution is -0.149. The summed E-state index contributed by atoms with van der Waals surface area (Å²) < 4.78 is 10.3. The van der Waals surface area contributed by atoms with Crippen LogP contribution in [0.1, 0.15) is 38.4 Å². The maximum absolute atomic E-state index is 12.0. The van der Waals surface area contributed by atoms with Crippen molar-refractivity contribution < 1.29 is 14.1 Å². The molecule has 1 aliphatic heterocycles. The summed E-state index contributed by atoms with van der Waals surface area (Å²) >= 11 is 0. The number of hydrogen-bond acceptors (Lipinski definition) is 6. The highest BCUT2D eigenvalue weighted by Crippen LogP contribution is 2.18. The first kappa shape index (κ1) is 18.2. The number of hydrogen-bond donors (Lipinski definition) is 1. The molecule has 0 radical (unpaired) electrons. The summed E-state index contributed by atoms with van der Waals surface area (Å²) in [5.41, 5.74) is 0. The van der Waals surface area contributed by atoms with Gasteiger partial charge in [-0.3, -0.25) is 9.79 Å². The Kier molecular flexibility index (Phi) is 7.02. The fourth-order valence-electron chi connectivity index (χ4n) is 2.75. The van der Waals surface area contributed by atoms with E-state index in [-0.39, 0.29) is 11.9 Å². The molecule has 1 saturated heterocycles. The Morgan fingerprint density at radius 3 is 3.00 bits per heavy atom. The Hall–Kier alpha value is -2.12. The van der Waals surface area contributed by atoms with Crippen LogP contribution in [0.25, 0.3) is 0 Å². The second kappa shape index (κ2) is 9.24. The lowest BCUT2D eigenvalue weighted by atomic mass is 9.98. The number of rotatable bonds is 6. The molecule has 1 unspecified atom stereocenters. The second-order valence-corrected chi connectivity index (χ2v) is 5.76. The van der Waals surface area contributed by atoms with Gasteiger partial charge in [0.05, 0.1) is 19.1 Å². The first-order chi connectivity index (χ1) is 11.6. The monoisotopic (exact) mass is 337 g/mol. The van der Waals surface area contributed by atoms with Crippen LogP contribution in [0.3, 0.4) is 0 Å². The average Bonchev–Trinajstić information content (AvgIpc) is 3.00. The number of nitrogens with zero attached hydrogens (tertiary/aromatic N) is 4. The van der Waals surface area contributed by atoms with Crippen LogP contribution in [0.5, 0.6) is 0 Å². The standard InChI is InChI=1S/C16H27N5O3/c1-4-17-16(18-9-8-14-19-12(3)20-24-14)21-10-6-7-13(11-21)15(22)23-5-2/h13H,4-11H2,1-3H3,(H,17,18). The summed E-state index contributed by atoms with van der Waals surface area (Å²) in [7, 11) is 0. The molecule has 0 spiro atoms. The molecule has 1 atom stereocenters. The van der Waals surface area contributed by atoms with Gasteiger partial charge in [0, 0.05) is 26.1 Å². The van der Waals surface area contributed by atoms with E-state index in [1.165, 1.54) is 0 Å². The molecule has 0 saturated carbocycles. The molecule has 1 aromatic heterocycles. The van der Waals surface area contributed by atoms with E-state index in [2.05, 4.69) is 25.3 Å². The van der Waals surface area contributed by atoms with E-state index in [1.54, 1.807) is 6.92 Å². The van der Waals surface area contributed by atoms with Crippen LogP contribution < -0.4 is 5.32 Å². The molecule has 1 N–H and O–H groups in total. The van der Waals surface area contributed by atoms with Crippen LogP contribution in [0.15, 0.2) is 9.52 Å². The van der Waals surface area contributed by atoms with Crippen molar-refractivity contribution in [1.82, 2.24) is 20.4 Å². The van der Waals surface area contributed by atoms with Gasteiger partial charge in [-0.05, 0) is 33.6 Å². The van der Waals surface area contributed by atoms with Gasteiger partial charge < -0.3 is 19.5 Å². The molecule has 134 valence electrons. The average molecular weight is 337 g/mol. The topological polar surface area (TPSA) is 92.9 Å². The molecule has 24 heavy (non-hydrogen) atoms. The molecule has 0 amide bonds. The molecule has 8 nitrogen and oxygen atoms in total. The van der Waals surface area contributed by atoms with Gasteiger partial charge in [-0.15, -0.1) is 0 Å². The van der Waals surface area contributed by atoms with Crippen molar-refractivity contribution in [2.75, 3.05) is 32.8 Å². The van der Waals surface area contributed by atoms with Crippen LogP contribution in [0, 0.1) is 12.8 Å². The fraction of sp³-hybridized carbons (Fsp3) is 0.750. The summed E-state index contributed by atoms with van der Waals surface area (Å²) in [6.07, 6.45) is 2.43. The molecular formula is C16H27N5O3. The van der Waals surface area contributed by atoms with Gasteiger partial charge >= 0.3 is 5.97 Å². The number of nitrogens with one attached hydrogen (secondary N) is 1. The van der Waals surface area contributed by atoms with E-state index >= 15 is 0 Å². The molecule has 0 aliphatic carbocycles. The van der Waals surface area contributed by atoms with Crippen molar-refractivity contribution in [3.05, 3.63) is 11.7 Å². The Morgan fingerprint density at radius 2 is 2.33 bits per heavy atom. The van der Waals surface area contributed by atoms with E-state index in [0.717, 1.165) is 31.9 Å². The van der Waals surface area contributed by atoms with Gasteiger partial charge in [0.15, 0.2) is 11.8 Å². The van der Waals surface area contributed by atoms with Crippen LogP contribution >= 0.6 is 0 Å². The molecule has 1 fully saturated rings. The van der Waals surface area contributed by atoms with Crippen LogP contribution in [-0.2, 0) is 16.0 Å². The lowest BCUT2D eigenvalue weighted by Crippen LogP contribution is -2.48. The molecule has 1 aliphatic rings. The summed E-state index contributed by atoms with van der Waals surface area (Å²) in [6.45, 7) is 8.96. The number of esters is 1. The summed E-state index contributed by atoms with van der Waals surface area (Å²) in [6, 6.07) is 0. The third-order valence-electron chi connectivity index (χ3n) is 3.83. The largest absolute Gasteiger partial charge is 0.466 e. The van der Waals surface area contributed by atoms with Gasteiger partial charge in [-0.25, -0.2) is 0 Å². The zero-order valence-corrected chi connectivity index (χ0v) is 14.7. The maximum Gasteiger partial charge on any atom is 0.310 e. The number of piperidine rings is 1. The Bertz CT molecular complexity index is 558. The highest BCUT2D eigenvalue weighted by atomic mass is 16.5. The van der Waals surface area contributed by atoms with Crippen molar-refractivity contribution in [3.8, 4) is 0 Å². The Balaban J connectivity index is 1.94. The molecule has 2 rings (SSSR count). The number of ether oxygens (including phenoxy) is 1. The number of aliphatic imine (C=N–C) groups is 1. The van der Waals surface area contributed by atoms with E-state index < -0.39 is 0 Å². The van der Waals surface area contributed by atoms with E-state index in [1.807, 2.05) is 13.8 Å². The fourth-order valence-corrected chi connectivity index (χ4v) is 2.75. The third kappa shape index (κ3) is 5.21. The first-order valence-corrected chi connectivity index (χ1v) is 8.63. The molecule has 0 bridgehead atoms. The highest BCUT2D eigenvalue weighted by Gasteiger charge is 2.28. The number of carbonyl (C=O) groups is 1. The van der Waals surface area contributed by atoms with E-state index in [4.69, 9.17) is 9.26 Å². The van der Waals surface area contributed by atoms with Gasteiger partial charge in [-0.1, -0.05) is 5.16 Å². The molecule has 0 aromatic carbocycles. The van der Waals surface area contributed by atoms with Crippen LogP contribution in [0.4, 0.5) is 0 Å². The van der Waals surface area contributed by atoms with Crippen LogP contribution in [0.2, 0.25) is 0 Å². The SMILES string of the molecule is CCNC(=NCCc1nc(C)no1)N1CCCC(C(=O)OCC)C1. The van der Waals surface area contributed by atoms with Gasteiger partial charge in [-0.2, -0.15) is 4.98 Å². The van der Waals surface area contributed by atoms with Gasteiger partial charge in [0.25, 0.3) is 0 Å². The number of aromatic nitrogens is 2. The smallest absolute Gasteiger partial charge is 0.310 e. The van der Waals surface area contributed by atoms with Crippen molar-refractivity contribution in [3.63, 3.8) is 0 Å². The summed E-state index contributed by atoms with van der Waals surface area (Å²) in [4.78, 5) is 22.9. The van der Waals surface area contributed by atoms with Crippen molar-refractivity contribution in [2.45, 2.75) is 40.0 Å². The van der Waals surface area contributed by atoms with Crippen LogP contribution in [-0.4, -0.2) is 59.8 Å². The lowest BCUT2D eigenvalue weighted by Gasteiger charge is -2.34. The van der Waals surface area contributed by atoms with Crippen molar-refractivity contribution in [1.29, 1.82) is 0 Å². The van der Waals surface area contributed by atoms with Gasteiger partial charge in [0.1, 0.15) is 0 Å². The third-order valence-corrected chi connectivity index (χ3v) is 3.83. The molecule has 2 heterocycles. The van der Waals surface area contributed by atoms with Gasteiger partial charge in [0.2, 0.25) is 5.89 Å². The summed E-state index contributed by atoms with van der Waals surface area (Å²) in [5.74, 6) is 1.85. The highest BCUT2D eigenvalue weighted by molar-refractivity contribution is 5.81. The van der Waals surface area contributed by atoms with Crippen molar-refractivity contribution >= 4 is 11.9 Å². The number of carbonyl (C=O) groups excluding carboxylic acids is 1. The predicted octanol–water partition coefficient (Wildman–Crippen LogP) is 1.16. The molecular weight excluding hydrogens is 310 g/mol. The predicted molar refractivity (Wildman–Crippen MR) is 89.6 cm³/mol. The summed E-state index contributed by atoms with van der Waals surface area (Å²) in [5, 5.41) is 7.07. The maximum atomic E-state index is 12.0. The minimum Gasteiger partial charge on any atom is -0.466 e. The molecule has 1 aromatic rings. The minimum absolute atomic E-state index is 0.0823. The van der Waals surface area contributed by atoms with E-state index in [9.17, 15) is 4.79 Å². The zero-order valence-electron chi connectivity index (χ0n) is 14.7. The quantitative estimate of drug-likeness (QED) is 0.473. The number of likely N-dealkylation sites (tertiary alicyclic amines) is 1. The number of guanidine groups is 1. The Morgan fingerprint density at radius 1 is 1.50 bits per heavy atom.